The summed E-state index contributed by atoms with van der Waals surface area (Å²) in [5.41, 5.74) is 1.47. The zero-order valence-electron chi connectivity index (χ0n) is 13.7. The van der Waals surface area contributed by atoms with E-state index in [1.807, 2.05) is 43.6 Å². The fourth-order valence-electron chi connectivity index (χ4n) is 2.57. The Labute approximate surface area is 140 Å². The zero-order chi connectivity index (χ0) is 16.8. The standard InChI is InChI=1S/C17H22N4O3/c1-21-9-8-16(20-21)18-14-6-2-3-7-15(14)19-17(22)12-23-11-13-5-4-10-24-13/h2-3,6-9,13H,4-5,10-12H2,1H3,(H,18,20)(H,19,22)/t13-/m1/s1. The van der Waals surface area contributed by atoms with E-state index in [4.69, 9.17) is 9.47 Å². The van der Waals surface area contributed by atoms with Crippen molar-refractivity contribution >= 4 is 23.1 Å². The molecule has 1 aliphatic rings. The van der Waals surface area contributed by atoms with Crippen molar-refractivity contribution in [2.45, 2.75) is 18.9 Å². The van der Waals surface area contributed by atoms with Gasteiger partial charge in [-0.1, -0.05) is 12.1 Å². The van der Waals surface area contributed by atoms with E-state index in [0.29, 0.717) is 18.1 Å². The Kier molecular flexibility index (Phi) is 5.45. The number of carbonyl (C=O) groups excluding carboxylic acids is 1. The molecule has 1 atom stereocenters. The molecule has 1 aliphatic heterocycles. The highest BCUT2D eigenvalue weighted by molar-refractivity contribution is 5.95. The maximum absolute atomic E-state index is 12.1. The number of nitrogens with one attached hydrogen (secondary N) is 2. The van der Waals surface area contributed by atoms with Gasteiger partial charge in [-0.2, -0.15) is 5.10 Å². The maximum atomic E-state index is 12.1. The lowest BCUT2D eigenvalue weighted by atomic mass is 10.2. The first-order valence-corrected chi connectivity index (χ1v) is 8.05. The number of para-hydroxylation sites is 2. The highest BCUT2D eigenvalue weighted by Gasteiger charge is 2.16. The van der Waals surface area contributed by atoms with Crippen LogP contribution in [0.15, 0.2) is 36.5 Å². The quantitative estimate of drug-likeness (QED) is 0.814. The van der Waals surface area contributed by atoms with Crippen LogP contribution in [0.5, 0.6) is 0 Å². The van der Waals surface area contributed by atoms with Crippen LogP contribution in [-0.4, -0.2) is 41.6 Å². The number of anilines is 3. The molecule has 0 spiro atoms. The Hall–Kier alpha value is -2.38. The molecule has 0 unspecified atom stereocenters. The molecule has 1 fully saturated rings. The van der Waals surface area contributed by atoms with Crippen LogP contribution in [0.2, 0.25) is 0 Å². The minimum atomic E-state index is -0.191. The van der Waals surface area contributed by atoms with Crippen molar-refractivity contribution in [1.82, 2.24) is 9.78 Å². The molecule has 24 heavy (non-hydrogen) atoms. The van der Waals surface area contributed by atoms with E-state index >= 15 is 0 Å². The number of aromatic nitrogens is 2. The lowest BCUT2D eigenvalue weighted by molar-refractivity contribution is -0.121. The van der Waals surface area contributed by atoms with E-state index < -0.39 is 0 Å². The average molecular weight is 330 g/mol. The van der Waals surface area contributed by atoms with Crippen molar-refractivity contribution in [1.29, 1.82) is 0 Å². The Balaban J connectivity index is 1.53. The van der Waals surface area contributed by atoms with Crippen LogP contribution in [-0.2, 0) is 21.3 Å². The fraction of sp³-hybridized carbons (Fsp3) is 0.412. The number of benzene rings is 1. The highest BCUT2D eigenvalue weighted by atomic mass is 16.5. The van der Waals surface area contributed by atoms with Crippen LogP contribution in [0.3, 0.4) is 0 Å². The number of nitrogens with zero attached hydrogens (tertiary/aromatic N) is 2. The molecule has 7 nitrogen and oxygen atoms in total. The van der Waals surface area contributed by atoms with Gasteiger partial charge in [0.25, 0.3) is 0 Å². The topological polar surface area (TPSA) is 77.4 Å². The van der Waals surface area contributed by atoms with Gasteiger partial charge in [-0.25, -0.2) is 0 Å². The van der Waals surface area contributed by atoms with Crippen LogP contribution in [0, 0.1) is 0 Å². The molecule has 1 amide bonds. The minimum absolute atomic E-state index is 0.0117. The smallest absolute Gasteiger partial charge is 0.250 e. The van der Waals surface area contributed by atoms with Crippen LogP contribution < -0.4 is 10.6 Å². The Morgan fingerprint density at radius 2 is 2.21 bits per heavy atom. The van der Waals surface area contributed by atoms with E-state index in [-0.39, 0.29) is 18.6 Å². The van der Waals surface area contributed by atoms with Gasteiger partial charge in [0, 0.05) is 25.9 Å². The summed E-state index contributed by atoms with van der Waals surface area (Å²) in [6.07, 6.45) is 4.03. The van der Waals surface area contributed by atoms with Gasteiger partial charge >= 0.3 is 0 Å². The molecule has 1 aromatic carbocycles. The third-order valence-corrected chi connectivity index (χ3v) is 3.74. The van der Waals surface area contributed by atoms with Crippen molar-refractivity contribution in [3.8, 4) is 0 Å². The van der Waals surface area contributed by atoms with E-state index in [1.165, 1.54) is 0 Å². The van der Waals surface area contributed by atoms with Crippen LogP contribution in [0.25, 0.3) is 0 Å². The minimum Gasteiger partial charge on any atom is -0.376 e. The molecule has 128 valence electrons. The van der Waals surface area contributed by atoms with Crippen LogP contribution in [0.1, 0.15) is 12.8 Å². The van der Waals surface area contributed by atoms with E-state index in [1.54, 1.807) is 4.68 Å². The summed E-state index contributed by atoms with van der Waals surface area (Å²) >= 11 is 0. The number of rotatable bonds is 7. The second-order valence-electron chi connectivity index (χ2n) is 5.74. The largest absolute Gasteiger partial charge is 0.376 e. The predicted molar refractivity (Wildman–Crippen MR) is 91.4 cm³/mol. The van der Waals surface area contributed by atoms with E-state index in [9.17, 15) is 4.79 Å². The van der Waals surface area contributed by atoms with Crippen molar-refractivity contribution in [3.63, 3.8) is 0 Å². The first-order valence-electron chi connectivity index (χ1n) is 8.05. The van der Waals surface area contributed by atoms with Gasteiger partial charge in [-0.3, -0.25) is 9.48 Å². The molecule has 7 heteroatoms. The third-order valence-electron chi connectivity index (χ3n) is 3.74. The summed E-state index contributed by atoms with van der Waals surface area (Å²) in [6, 6.07) is 9.35. The predicted octanol–water partition coefficient (Wildman–Crippen LogP) is 2.30. The van der Waals surface area contributed by atoms with Gasteiger partial charge < -0.3 is 20.1 Å². The van der Waals surface area contributed by atoms with Gasteiger partial charge in [0.05, 0.1) is 24.1 Å². The second-order valence-corrected chi connectivity index (χ2v) is 5.74. The summed E-state index contributed by atoms with van der Waals surface area (Å²) in [7, 11) is 1.85. The number of aryl methyl sites for hydroxylation is 1. The molecule has 2 N–H and O–H groups in total. The summed E-state index contributed by atoms with van der Waals surface area (Å²) in [6.45, 7) is 1.26. The zero-order valence-corrected chi connectivity index (χ0v) is 13.7. The molecular formula is C17H22N4O3. The molecule has 0 saturated carbocycles. The van der Waals surface area contributed by atoms with Crippen molar-refractivity contribution in [3.05, 3.63) is 36.5 Å². The molecule has 1 aromatic heterocycles. The number of amides is 1. The molecule has 0 aliphatic carbocycles. The van der Waals surface area contributed by atoms with Gasteiger partial charge in [0.2, 0.25) is 5.91 Å². The normalized spacial score (nSPS) is 17.0. The number of ether oxygens (including phenoxy) is 2. The molecule has 0 bridgehead atoms. The number of hydrogen-bond acceptors (Lipinski definition) is 5. The van der Waals surface area contributed by atoms with Crippen molar-refractivity contribution in [2.24, 2.45) is 7.05 Å². The SMILES string of the molecule is Cn1ccc(Nc2ccccc2NC(=O)COC[C@H]2CCCO2)n1. The lowest BCUT2D eigenvalue weighted by Crippen LogP contribution is -2.22. The van der Waals surface area contributed by atoms with Crippen molar-refractivity contribution in [2.75, 3.05) is 30.5 Å². The molecule has 3 rings (SSSR count). The monoisotopic (exact) mass is 330 g/mol. The molecule has 2 aromatic rings. The first kappa shape index (κ1) is 16.5. The summed E-state index contributed by atoms with van der Waals surface area (Å²) in [5, 5.41) is 10.3. The highest BCUT2D eigenvalue weighted by Crippen LogP contribution is 2.24. The van der Waals surface area contributed by atoms with Gasteiger partial charge in [-0.05, 0) is 25.0 Å². The average Bonchev–Trinajstić information content (AvgIpc) is 3.21. The molecule has 2 heterocycles. The molecule has 0 radical (unpaired) electrons. The summed E-state index contributed by atoms with van der Waals surface area (Å²) in [4.78, 5) is 12.1. The molecular weight excluding hydrogens is 308 g/mol. The second kappa shape index (κ2) is 7.94. The van der Waals surface area contributed by atoms with Gasteiger partial charge in [-0.15, -0.1) is 0 Å². The van der Waals surface area contributed by atoms with E-state index in [0.717, 1.165) is 25.1 Å². The summed E-state index contributed by atoms with van der Waals surface area (Å²) < 4.78 is 12.6. The first-order chi connectivity index (χ1) is 11.7. The Bertz CT molecular complexity index is 680. The van der Waals surface area contributed by atoms with Gasteiger partial charge in [0.1, 0.15) is 6.61 Å². The fourth-order valence-corrected chi connectivity index (χ4v) is 2.57. The lowest BCUT2D eigenvalue weighted by Gasteiger charge is -2.13. The summed E-state index contributed by atoms with van der Waals surface area (Å²) in [5.74, 6) is 0.525. The van der Waals surface area contributed by atoms with Gasteiger partial charge in [0.15, 0.2) is 5.82 Å². The number of hydrogen-bond donors (Lipinski definition) is 2. The molecule has 1 saturated heterocycles. The maximum Gasteiger partial charge on any atom is 0.250 e. The third kappa shape index (κ3) is 4.56. The van der Waals surface area contributed by atoms with Crippen LogP contribution in [0.4, 0.5) is 17.2 Å². The van der Waals surface area contributed by atoms with Crippen molar-refractivity contribution < 1.29 is 14.3 Å². The van der Waals surface area contributed by atoms with E-state index in [2.05, 4.69) is 15.7 Å². The number of carbonyl (C=O) groups is 1. The van der Waals surface area contributed by atoms with Crippen LogP contribution >= 0.6 is 0 Å². The Morgan fingerprint density at radius 3 is 2.92 bits per heavy atom. The Morgan fingerprint density at radius 1 is 1.38 bits per heavy atom.